The SMILES string of the molecule is CN/N=c1/cc(N2CCN(c3ccccc3)c3cc(C(=O)N4CCC(F)(F)C4)[nH]c32)ccn1C=O. The Hall–Kier alpha value is -4.15. The number of amides is 1. The molecule has 0 bridgehead atoms. The molecule has 1 saturated heterocycles. The molecule has 182 valence electrons. The van der Waals surface area contributed by atoms with E-state index in [0.29, 0.717) is 30.8 Å². The summed E-state index contributed by atoms with van der Waals surface area (Å²) < 4.78 is 28.9. The van der Waals surface area contributed by atoms with Crippen molar-refractivity contribution < 1.29 is 18.4 Å². The Bertz CT molecular complexity index is 1320. The Kier molecular flexibility index (Phi) is 5.75. The van der Waals surface area contributed by atoms with Crippen LogP contribution in [0.4, 0.5) is 31.7 Å². The zero-order valence-corrected chi connectivity index (χ0v) is 19.1. The molecule has 5 rings (SSSR count). The molecule has 2 aliphatic rings. The van der Waals surface area contributed by atoms with Crippen LogP contribution in [0.25, 0.3) is 0 Å². The van der Waals surface area contributed by atoms with Crippen LogP contribution in [0.1, 0.15) is 16.9 Å². The summed E-state index contributed by atoms with van der Waals surface area (Å²) in [5.74, 6) is -2.66. The second kappa shape index (κ2) is 8.90. The molecular weight excluding hydrogens is 456 g/mol. The maximum Gasteiger partial charge on any atom is 0.270 e. The van der Waals surface area contributed by atoms with E-state index in [9.17, 15) is 18.4 Å². The quantitative estimate of drug-likeness (QED) is 0.432. The molecule has 0 unspecified atom stereocenters. The van der Waals surface area contributed by atoms with Gasteiger partial charge in [0.05, 0.1) is 12.2 Å². The third kappa shape index (κ3) is 4.25. The number of rotatable bonds is 5. The Morgan fingerprint density at radius 2 is 1.86 bits per heavy atom. The first-order chi connectivity index (χ1) is 16.9. The van der Waals surface area contributed by atoms with Crippen LogP contribution in [0.15, 0.2) is 59.8 Å². The molecule has 2 N–H and O–H groups in total. The maximum absolute atomic E-state index is 13.8. The average Bonchev–Trinajstić information content (AvgIpc) is 3.47. The molecule has 1 aromatic carbocycles. The predicted octanol–water partition coefficient (Wildman–Crippen LogP) is 2.66. The highest BCUT2D eigenvalue weighted by atomic mass is 19.3. The number of hydrogen-bond acceptors (Lipinski definition) is 6. The lowest BCUT2D eigenvalue weighted by atomic mass is 10.2. The van der Waals surface area contributed by atoms with Crippen LogP contribution in [0.3, 0.4) is 0 Å². The molecule has 9 nitrogen and oxygen atoms in total. The highest BCUT2D eigenvalue weighted by Gasteiger charge is 2.41. The van der Waals surface area contributed by atoms with Crippen molar-refractivity contribution in [2.24, 2.45) is 5.10 Å². The molecule has 2 aliphatic heterocycles. The summed E-state index contributed by atoms with van der Waals surface area (Å²) in [5, 5.41) is 4.15. The molecule has 1 fully saturated rings. The van der Waals surface area contributed by atoms with E-state index in [0.717, 1.165) is 17.1 Å². The van der Waals surface area contributed by atoms with Crippen molar-refractivity contribution in [2.75, 3.05) is 43.0 Å². The summed E-state index contributed by atoms with van der Waals surface area (Å²) in [7, 11) is 1.64. The number of fused-ring (bicyclic) bond motifs is 1. The predicted molar refractivity (Wildman–Crippen MR) is 128 cm³/mol. The normalized spacial score (nSPS) is 17.5. The third-order valence-electron chi connectivity index (χ3n) is 6.24. The first kappa shape index (κ1) is 22.6. The van der Waals surface area contributed by atoms with Crippen molar-refractivity contribution >= 4 is 35.2 Å². The largest absolute Gasteiger partial charge is 0.337 e. The van der Waals surface area contributed by atoms with Gasteiger partial charge in [0.1, 0.15) is 11.5 Å². The topological polar surface area (TPSA) is 89.0 Å². The number of benzene rings is 1. The number of halogens is 2. The van der Waals surface area contributed by atoms with Crippen molar-refractivity contribution in [1.82, 2.24) is 19.9 Å². The lowest BCUT2D eigenvalue weighted by molar-refractivity contribution is 0.0119. The minimum Gasteiger partial charge on any atom is -0.337 e. The smallest absolute Gasteiger partial charge is 0.270 e. The third-order valence-corrected chi connectivity index (χ3v) is 6.24. The van der Waals surface area contributed by atoms with Crippen LogP contribution < -0.4 is 20.7 Å². The summed E-state index contributed by atoms with van der Waals surface area (Å²) >= 11 is 0. The van der Waals surface area contributed by atoms with E-state index in [1.807, 2.05) is 35.2 Å². The minimum absolute atomic E-state index is 0.0148. The molecule has 0 aliphatic carbocycles. The van der Waals surface area contributed by atoms with Crippen molar-refractivity contribution in [3.05, 3.63) is 65.9 Å². The van der Waals surface area contributed by atoms with Gasteiger partial charge in [-0.3, -0.25) is 14.2 Å². The van der Waals surface area contributed by atoms with Crippen LogP contribution in [0, 0.1) is 0 Å². The lowest BCUT2D eigenvalue weighted by Gasteiger charge is -2.36. The van der Waals surface area contributed by atoms with E-state index >= 15 is 0 Å². The molecule has 0 radical (unpaired) electrons. The number of carbonyl (C=O) groups excluding carboxylic acids is 2. The van der Waals surface area contributed by atoms with Gasteiger partial charge < -0.3 is 25.1 Å². The molecule has 0 saturated carbocycles. The van der Waals surface area contributed by atoms with Crippen molar-refractivity contribution in [2.45, 2.75) is 12.3 Å². The Morgan fingerprint density at radius 1 is 1.09 bits per heavy atom. The van der Waals surface area contributed by atoms with Crippen molar-refractivity contribution in [3.63, 3.8) is 0 Å². The van der Waals surface area contributed by atoms with E-state index in [1.54, 1.807) is 31.4 Å². The van der Waals surface area contributed by atoms with Crippen molar-refractivity contribution in [1.29, 1.82) is 0 Å². The summed E-state index contributed by atoms with van der Waals surface area (Å²) in [4.78, 5) is 33.0. The van der Waals surface area contributed by atoms with Gasteiger partial charge in [-0.25, -0.2) is 8.78 Å². The molecule has 11 heteroatoms. The van der Waals surface area contributed by atoms with Gasteiger partial charge in [-0.05, 0) is 24.3 Å². The van der Waals surface area contributed by atoms with Gasteiger partial charge in [-0.2, -0.15) is 5.10 Å². The zero-order chi connectivity index (χ0) is 24.6. The molecule has 35 heavy (non-hydrogen) atoms. The van der Waals surface area contributed by atoms with E-state index in [1.165, 1.54) is 9.47 Å². The fourth-order valence-electron chi connectivity index (χ4n) is 4.56. The number of para-hydroxylation sites is 1. The standard InChI is InChI=1S/C24H25F2N7O2/c1-27-29-21-13-18(7-9-31(21)16-34)33-12-11-32(17-5-3-2-4-6-17)20-14-19(28-22(20)33)23(35)30-10-8-24(25,26)15-30/h2-7,9,13-14,16,27-28H,8,10-12,15H2,1H3/b29-21-. The fourth-order valence-corrected chi connectivity index (χ4v) is 4.56. The van der Waals surface area contributed by atoms with Gasteiger partial charge in [-0.15, -0.1) is 0 Å². The van der Waals surface area contributed by atoms with Gasteiger partial charge in [0, 0.05) is 56.7 Å². The second-order valence-corrected chi connectivity index (χ2v) is 8.48. The van der Waals surface area contributed by atoms with Gasteiger partial charge >= 0.3 is 0 Å². The number of aromatic amines is 1. The summed E-state index contributed by atoms with van der Waals surface area (Å²) in [6.07, 6.45) is 1.94. The number of nitrogens with zero attached hydrogens (tertiary/aromatic N) is 5. The molecular formula is C24H25F2N7O2. The number of aromatic nitrogens is 2. The molecule has 3 aromatic rings. The Morgan fingerprint density at radius 3 is 2.54 bits per heavy atom. The summed E-state index contributed by atoms with van der Waals surface area (Å²) in [5.41, 5.74) is 5.83. The van der Waals surface area contributed by atoms with E-state index in [2.05, 4.69) is 20.4 Å². The van der Waals surface area contributed by atoms with Crippen LogP contribution >= 0.6 is 0 Å². The average molecular weight is 482 g/mol. The molecule has 0 atom stereocenters. The van der Waals surface area contributed by atoms with Crippen LogP contribution in [0.2, 0.25) is 0 Å². The number of anilines is 4. The summed E-state index contributed by atoms with van der Waals surface area (Å²) in [6, 6.07) is 15.0. The van der Waals surface area contributed by atoms with Gasteiger partial charge in [0.15, 0.2) is 5.49 Å². The van der Waals surface area contributed by atoms with Crippen LogP contribution in [-0.4, -0.2) is 65.9 Å². The number of alkyl halides is 2. The number of carbonyl (C=O) groups is 2. The van der Waals surface area contributed by atoms with Crippen molar-refractivity contribution in [3.8, 4) is 0 Å². The minimum atomic E-state index is -2.87. The number of hydrogen-bond donors (Lipinski definition) is 2. The number of likely N-dealkylation sites (tertiary alicyclic amines) is 1. The van der Waals surface area contributed by atoms with E-state index in [-0.39, 0.29) is 18.7 Å². The number of pyridine rings is 1. The number of nitrogens with one attached hydrogen (secondary N) is 2. The fraction of sp³-hybridized carbons (Fsp3) is 0.292. The first-order valence-corrected chi connectivity index (χ1v) is 11.3. The number of H-pyrrole nitrogens is 1. The molecule has 0 spiro atoms. The zero-order valence-electron chi connectivity index (χ0n) is 19.1. The summed E-state index contributed by atoms with van der Waals surface area (Å²) in [6.45, 7) is 0.620. The van der Waals surface area contributed by atoms with Gasteiger partial charge in [0.2, 0.25) is 6.41 Å². The molecule has 1 amide bonds. The Labute approximate surface area is 200 Å². The van der Waals surface area contributed by atoms with Crippen LogP contribution in [-0.2, 0) is 4.79 Å². The first-order valence-electron chi connectivity index (χ1n) is 11.3. The molecule has 2 aromatic heterocycles. The molecule has 4 heterocycles. The lowest BCUT2D eigenvalue weighted by Crippen LogP contribution is -2.36. The maximum atomic E-state index is 13.8. The van der Waals surface area contributed by atoms with E-state index < -0.39 is 18.4 Å². The highest BCUT2D eigenvalue weighted by molar-refractivity contribution is 5.97. The van der Waals surface area contributed by atoms with E-state index in [4.69, 9.17) is 0 Å². The van der Waals surface area contributed by atoms with Gasteiger partial charge in [-0.1, -0.05) is 18.2 Å². The van der Waals surface area contributed by atoms with Crippen LogP contribution in [0.5, 0.6) is 0 Å². The highest BCUT2D eigenvalue weighted by Crippen LogP contribution is 2.41. The Balaban J connectivity index is 1.57. The second-order valence-electron chi connectivity index (χ2n) is 8.48. The van der Waals surface area contributed by atoms with Gasteiger partial charge in [0.25, 0.3) is 11.8 Å². The monoisotopic (exact) mass is 481 g/mol.